The monoisotopic (exact) mass is 548 g/mol. The second kappa shape index (κ2) is 13.5. The number of hydrogen-bond acceptors (Lipinski definition) is 6. The number of aryl methyl sites for hydroxylation is 1. The van der Waals surface area contributed by atoms with E-state index in [0.29, 0.717) is 0 Å². The van der Waals surface area contributed by atoms with Crippen molar-refractivity contribution in [1.29, 1.82) is 0 Å². The number of ether oxygens (including phenoxy) is 1. The van der Waals surface area contributed by atoms with Crippen LogP contribution in [-0.2, 0) is 12.6 Å². The molecule has 39 heavy (non-hydrogen) atoms. The van der Waals surface area contributed by atoms with Gasteiger partial charge in [0.05, 0.1) is 11.0 Å². The lowest BCUT2D eigenvalue weighted by atomic mass is 9.91. The van der Waals surface area contributed by atoms with Crippen LogP contribution >= 0.6 is 0 Å². The first-order chi connectivity index (χ1) is 18.7. The molecule has 0 radical (unpaired) electrons. The van der Waals surface area contributed by atoms with E-state index in [-0.39, 0.29) is 17.8 Å². The van der Waals surface area contributed by atoms with E-state index < -0.39 is 22.4 Å². The maximum absolute atomic E-state index is 13.3. The fourth-order valence-corrected chi connectivity index (χ4v) is 5.66. The van der Waals surface area contributed by atoms with E-state index >= 15 is 0 Å². The zero-order valence-electron chi connectivity index (χ0n) is 22.6. The number of rotatable bonds is 11. The molecule has 1 saturated heterocycles. The molecule has 1 aromatic heterocycles. The predicted octanol–water partition coefficient (Wildman–Crippen LogP) is 7.26. The number of halogens is 3. The quantitative estimate of drug-likeness (QED) is 0.235. The van der Waals surface area contributed by atoms with Gasteiger partial charge in [0.2, 0.25) is 0 Å². The van der Waals surface area contributed by atoms with Gasteiger partial charge in [-0.15, -0.1) is 0 Å². The van der Waals surface area contributed by atoms with Crippen molar-refractivity contribution in [2.45, 2.75) is 89.5 Å². The average molecular weight is 549 g/mol. The normalized spacial score (nSPS) is 21.0. The molecule has 2 aromatic rings. The van der Waals surface area contributed by atoms with Crippen LogP contribution in [0.25, 0.3) is 0 Å². The highest BCUT2D eigenvalue weighted by molar-refractivity contribution is 5.55. The van der Waals surface area contributed by atoms with Crippen LogP contribution in [0, 0.1) is 16.0 Å². The molecule has 214 valence electrons. The first-order valence-electron chi connectivity index (χ1n) is 14.2. The van der Waals surface area contributed by atoms with E-state index in [1.807, 2.05) is 12.1 Å². The molecule has 10 heteroatoms. The van der Waals surface area contributed by atoms with Gasteiger partial charge in [-0.05, 0) is 102 Å². The van der Waals surface area contributed by atoms with Crippen molar-refractivity contribution >= 4 is 11.4 Å². The largest absolute Gasteiger partial charge is 0.490 e. The average Bonchev–Trinajstić information content (AvgIpc) is 2.92. The number of nitrogens with one attached hydrogen (secondary N) is 1. The number of hydrogen-bond donors (Lipinski definition) is 1. The van der Waals surface area contributed by atoms with Gasteiger partial charge < -0.3 is 15.0 Å². The Kier molecular flexibility index (Phi) is 10.0. The number of unbranched alkanes of at least 4 members (excludes halogenated alkanes) is 1. The van der Waals surface area contributed by atoms with Crippen molar-refractivity contribution in [3.05, 3.63) is 57.9 Å². The lowest BCUT2D eigenvalue weighted by Gasteiger charge is -2.32. The molecular weight excluding hydrogens is 509 g/mol. The van der Waals surface area contributed by atoms with Crippen LogP contribution in [0.3, 0.4) is 0 Å². The number of pyridine rings is 1. The van der Waals surface area contributed by atoms with Crippen LogP contribution < -0.4 is 10.1 Å². The number of piperidine rings is 1. The van der Waals surface area contributed by atoms with Gasteiger partial charge >= 0.3 is 6.18 Å². The molecule has 4 rings (SSSR count). The Morgan fingerprint density at radius 3 is 2.51 bits per heavy atom. The minimum absolute atomic E-state index is 0.0196. The predicted molar refractivity (Wildman–Crippen MR) is 145 cm³/mol. The fraction of sp³-hybridized carbons (Fsp3) is 0.621. The van der Waals surface area contributed by atoms with Crippen LogP contribution in [-0.4, -0.2) is 46.6 Å². The van der Waals surface area contributed by atoms with E-state index in [0.717, 1.165) is 68.0 Å². The standard InChI is InChI=1S/C29H39F3N4O3/c1-2-3-16-35-17-13-21(14-18-35)4-5-23-19-26(12-15-33-23)39-25-9-6-22(7-10-25)34-24-8-11-28(36(37)38)27(20-24)29(30,31)32/h8,11-12,15,19-22,25,34H,2-7,9-10,13-14,16-18H2,1H3. The van der Waals surface area contributed by atoms with E-state index in [2.05, 4.69) is 22.1 Å². The maximum atomic E-state index is 13.3. The van der Waals surface area contributed by atoms with E-state index in [1.165, 1.54) is 51.4 Å². The first-order valence-corrected chi connectivity index (χ1v) is 14.2. The topological polar surface area (TPSA) is 80.5 Å². The molecule has 0 amide bonds. The molecule has 1 aliphatic heterocycles. The number of nitrogens with zero attached hydrogens (tertiary/aromatic N) is 3. The molecule has 1 saturated carbocycles. The summed E-state index contributed by atoms with van der Waals surface area (Å²) in [5.74, 6) is 1.57. The number of likely N-dealkylation sites (tertiary alicyclic amines) is 1. The molecule has 0 bridgehead atoms. The van der Waals surface area contributed by atoms with Gasteiger partial charge in [-0.1, -0.05) is 13.3 Å². The lowest BCUT2D eigenvalue weighted by molar-refractivity contribution is -0.388. The van der Waals surface area contributed by atoms with Crippen LogP contribution in [0.2, 0.25) is 0 Å². The summed E-state index contributed by atoms with van der Waals surface area (Å²) in [7, 11) is 0. The van der Waals surface area contributed by atoms with Crippen molar-refractivity contribution in [2.75, 3.05) is 25.0 Å². The summed E-state index contributed by atoms with van der Waals surface area (Å²) in [6.45, 7) is 5.86. The van der Waals surface area contributed by atoms with Gasteiger partial charge in [0.25, 0.3) is 5.69 Å². The summed E-state index contributed by atoms with van der Waals surface area (Å²) in [6, 6.07) is 6.98. The van der Waals surface area contributed by atoms with E-state index in [9.17, 15) is 23.3 Å². The Hall–Kier alpha value is -2.88. The van der Waals surface area contributed by atoms with E-state index in [4.69, 9.17) is 4.74 Å². The molecule has 0 atom stereocenters. The second-order valence-electron chi connectivity index (χ2n) is 10.9. The van der Waals surface area contributed by atoms with Crippen LogP contribution in [0.15, 0.2) is 36.5 Å². The third-order valence-electron chi connectivity index (χ3n) is 7.98. The number of nitro benzene ring substituents is 1. The van der Waals surface area contributed by atoms with Crippen molar-refractivity contribution in [1.82, 2.24) is 9.88 Å². The van der Waals surface area contributed by atoms with Gasteiger partial charge in [0, 0.05) is 35.8 Å². The molecule has 2 fully saturated rings. The van der Waals surface area contributed by atoms with Crippen LogP contribution in [0.4, 0.5) is 24.5 Å². The second-order valence-corrected chi connectivity index (χ2v) is 10.9. The zero-order valence-corrected chi connectivity index (χ0v) is 22.6. The fourth-order valence-electron chi connectivity index (χ4n) is 5.66. The van der Waals surface area contributed by atoms with Gasteiger partial charge in [-0.25, -0.2) is 0 Å². The van der Waals surface area contributed by atoms with Gasteiger partial charge in [-0.3, -0.25) is 15.1 Å². The summed E-state index contributed by atoms with van der Waals surface area (Å²) in [6.07, 6.45) is 7.19. The van der Waals surface area contributed by atoms with Crippen molar-refractivity contribution in [3.63, 3.8) is 0 Å². The van der Waals surface area contributed by atoms with Crippen molar-refractivity contribution in [2.24, 2.45) is 5.92 Å². The molecule has 0 spiro atoms. The van der Waals surface area contributed by atoms with Gasteiger partial charge in [0.15, 0.2) is 0 Å². The van der Waals surface area contributed by atoms with Crippen LogP contribution in [0.5, 0.6) is 5.75 Å². The maximum Gasteiger partial charge on any atom is 0.423 e. The number of anilines is 1. The summed E-state index contributed by atoms with van der Waals surface area (Å²) in [4.78, 5) is 17.1. The Balaban J connectivity index is 1.22. The minimum atomic E-state index is -4.79. The Labute approximate surface area is 228 Å². The van der Waals surface area contributed by atoms with Crippen molar-refractivity contribution in [3.8, 4) is 5.75 Å². The summed E-state index contributed by atoms with van der Waals surface area (Å²) in [5, 5.41) is 14.1. The number of nitro groups is 1. The molecule has 1 aromatic carbocycles. The summed E-state index contributed by atoms with van der Waals surface area (Å²) in [5.41, 5.74) is -0.882. The minimum Gasteiger partial charge on any atom is -0.490 e. The molecular formula is C29H39F3N4O3. The first kappa shape index (κ1) is 29.1. The Morgan fingerprint density at radius 2 is 1.85 bits per heavy atom. The highest BCUT2D eigenvalue weighted by Crippen LogP contribution is 2.38. The molecule has 1 N–H and O–H groups in total. The van der Waals surface area contributed by atoms with Gasteiger partial charge in [0.1, 0.15) is 11.3 Å². The number of aromatic nitrogens is 1. The lowest BCUT2D eigenvalue weighted by Crippen LogP contribution is -2.34. The Bertz CT molecular complexity index is 1080. The molecule has 1 aliphatic carbocycles. The number of alkyl halides is 3. The smallest absolute Gasteiger partial charge is 0.423 e. The third kappa shape index (κ3) is 8.55. The molecule has 7 nitrogen and oxygen atoms in total. The summed E-state index contributed by atoms with van der Waals surface area (Å²) >= 11 is 0. The summed E-state index contributed by atoms with van der Waals surface area (Å²) < 4.78 is 46.1. The van der Waals surface area contributed by atoms with E-state index in [1.54, 1.807) is 6.20 Å². The third-order valence-corrected chi connectivity index (χ3v) is 7.98. The number of benzene rings is 1. The van der Waals surface area contributed by atoms with Gasteiger partial charge in [-0.2, -0.15) is 13.2 Å². The highest BCUT2D eigenvalue weighted by atomic mass is 19.4. The van der Waals surface area contributed by atoms with Crippen molar-refractivity contribution < 1.29 is 22.8 Å². The molecule has 2 aliphatic rings. The SMILES string of the molecule is CCCCN1CCC(CCc2cc(OC3CCC(Nc4ccc([N+](=O)[O-])c(C(F)(F)F)c4)CC3)ccn2)CC1. The van der Waals surface area contributed by atoms with Crippen LogP contribution in [0.1, 0.15) is 76.0 Å². The molecule has 0 unspecified atom stereocenters. The zero-order chi connectivity index (χ0) is 27.8. The molecule has 2 heterocycles. The highest BCUT2D eigenvalue weighted by Gasteiger charge is 2.38. The Morgan fingerprint density at radius 1 is 1.10 bits per heavy atom.